The van der Waals surface area contributed by atoms with E-state index in [1.807, 2.05) is 0 Å². The third-order valence-electron chi connectivity index (χ3n) is 3.92. The van der Waals surface area contributed by atoms with Gasteiger partial charge in [0.05, 0.1) is 40.4 Å². The van der Waals surface area contributed by atoms with Gasteiger partial charge in [0.2, 0.25) is 0 Å². The summed E-state index contributed by atoms with van der Waals surface area (Å²) in [4.78, 5) is 12.5. The number of aryl methyl sites for hydroxylation is 1. The molecule has 0 fully saturated rings. The van der Waals surface area contributed by atoms with Gasteiger partial charge in [-0.3, -0.25) is 4.90 Å². The Morgan fingerprint density at radius 3 is 2.03 bits per heavy atom. The Bertz CT molecular complexity index is 1050. The van der Waals surface area contributed by atoms with Gasteiger partial charge in [0.25, 0.3) is 0 Å². The third kappa shape index (κ3) is 5.33. The van der Waals surface area contributed by atoms with Crippen molar-refractivity contribution in [2.75, 3.05) is 4.90 Å². The minimum Gasteiger partial charge on any atom is -0.409 e. The fourth-order valence-corrected chi connectivity index (χ4v) is 2.73. The fraction of sp³-hybridized carbons (Fsp3) is 0.235. The normalized spacial score (nSPS) is 12.6. The van der Waals surface area contributed by atoms with Crippen molar-refractivity contribution in [2.45, 2.75) is 24.5 Å². The summed E-state index contributed by atoms with van der Waals surface area (Å²) in [5.74, 6) is -4.23. The highest BCUT2D eigenvalue weighted by molar-refractivity contribution is 6.62. The lowest BCUT2D eigenvalue weighted by atomic mass is 9.48. The molecule has 2 aromatic carbocycles. The molecule has 2 aromatic rings. The number of hydrogen-bond acceptors (Lipinski definition) is 2. The van der Waals surface area contributed by atoms with Crippen LogP contribution in [0.3, 0.4) is 0 Å². The highest BCUT2D eigenvalue weighted by Gasteiger charge is 2.41. The number of halogens is 9. The predicted octanol–water partition coefficient (Wildman–Crippen LogP) is 5.09. The molecule has 2 rings (SSSR count). The standard InChI is InChI=1S/C17H7B3ClF8NO2/c1-6-4-7(15(24,25)26)5-8(16(27,28)29)13(6)32-14(31)30(17(18,19)20)10-3-2-9(22)11(21)12(10)23/h2-5H,1H3. The van der Waals surface area contributed by atoms with Gasteiger partial charge in [0.1, 0.15) is 16.6 Å². The van der Waals surface area contributed by atoms with Crippen molar-refractivity contribution in [1.29, 1.82) is 0 Å². The maximum atomic E-state index is 14.4. The van der Waals surface area contributed by atoms with Crippen LogP contribution in [0.15, 0.2) is 24.3 Å². The summed E-state index contributed by atoms with van der Waals surface area (Å²) in [5.41, 5.74) is -5.37. The molecule has 32 heavy (non-hydrogen) atoms. The summed E-state index contributed by atoms with van der Waals surface area (Å²) in [6, 6.07) is 1.16. The zero-order valence-electron chi connectivity index (χ0n) is 15.7. The molecule has 0 bridgehead atoms. The molecule has 0 heterocycles. The predicted molar refractivity (Wildman–Crippen MR) is 101 cm³/mol. The molecule has 0 spiro atoms. The van der Waals surface area contributed by atoms with Gasteiger partial charge >= 0.3 is 18.4 Å². The van der Waals surface area contributed by atoms with Crippen LogP contribution in [0.4, 0.5) is 45.6 Å². The largest absolute Gasteiger partial charge is 0.420 e. The molecule has 0 unspecified atom stereocenters. The van der Waals surface area contributed by atoms with Crippen molar-refractivity contribution in [3.05, 3.63) is 57.6 Å². The zero-order chi connectivity index (χ0) is 24.8. The third-order valence-corrected chi connectivity index (χ3v) is 4.27. The maximum Gasteiger partial charge on any atom is 0.420 e. The monoisotopic (exact) mass is 477 g/mol. The summed E-state index contributed by atoms with van der Waals surface area (Å²) in [7, 11) is 16.1. The summed E-state index contributed by atoms with van der Waals surface area (Å²) in [5, 5.41) is -3.96. The number of ether oxygens (including phenoxy) is 1. The Morgan fingerprint density at radius 2 is 1.56 bits per heavy atom. The first kappa shape index (κ1) is 25.9. The van der Waals surface area contributed by atoms with Crippen LogP contribution in [0.1, 0.15) is 16.7 Å². The number of anilines is 1. The summed E-state index contributed by atoms with van der Waals surface area (Å²) < 4.78 is 111. The smallest absolute Gasteiger partial charge is 0.409 e. The van der Waals surface area contributed by atoms with E-state index in [-0.39, 0.29) is 17.0 Å². The van der Waals surface area contributed by atoms with Crippen LogP contribution < -0.4 is 9.64 Å². The molecule has 6 radical (unpaired) electrons. The van der Waals surface area contributed by atoms with Crippen LogP contribution in [0.25, 0.3) is 0 Å². The molecule has 0 aliphatic carbocycles. The topological polar surface area (TPSA) is 29.5 Å². The number of hydrogen-bond donors (Lipinski definition) is 0. The highest BCUT2D eigenvalue weighted by atomic mass is 35.5. The minimum atomic E-state index is -5.40. The van der Waals surface area contributed by atoms with Crippen molar-refractivity contribution >= 4 is 46.9 Å². The molecule has 3 nitrogen and oxygen atoms in total. The van der Waals surface area contributed by atoms with Crippen molar-refractivity contribution < 1.29 is 44.7 Å². The van der Waals surface area contributed by atoms with Crippen LogP contribution in [0, 0.1) is 18.6 Å². The second-order valence-electron chi connectivity index (χ2n) is 6.45. The van der Waals surface area contributed by atoms with Gasteiger partial charge in [0.15, 0.2) is 5.82 Å². The number of alkyl halides is 6. The van der Waals surface area contributed by atoms with E-state index in [9.17, 15) is 39.9 Å². The van der Waals surface area contributed by atoms with Crippen molar-refractivity contribution in [3.8, 4) is 5.75 Å². The minimum absolute atomic E-state index is 0.0923. The number of carbonyl (C=O) groups excluding carboxylic acids is 1. The van der Waals surface area contributed by atoms with Gasteiger partial charge in [-0.25, -0.2) is 13.6 Å². The lowest BCUT2D eigenvalue weighted by Gasteiger charge is -2.37. The van der Waals surface area contributed by atoms with Gasteiger partial charge in [-0.2, -0.15) is 26.3 Å². The molecule has 0 saturated heterocycles. The van der Waals surface area contributed by atoms with Crippen molar-refractivity contribution in [2.24, 2.45) is 0 Å². The van der Waals surface area contributed by atoms with Gasteiger partial charge in [-0.1, -0.05) is 16.8 Å². The lowest BCUT2D eigenvalue weighted by Crippen LogP contribution is -2.55. The van der Waals surface area contributed by atoms with Gasteiger partial charge in [-0.15, -0.1) is 0 Å². The average Bonchev–Trinajstić information content (AvgIpc) is 2.60. The van der Waals surface area contributed by atoms with Crippen LogP contribution >= 0.6 is 11.6 Å². The van der Waals surface area contributed by atoms with Gasteiger partial charge in [0, 0.05) is 0 Å². The van der Waals surface area contributed by atoms with E-state index < -0.39 is 68.5 Å². The number of benzene rings is 2. The van der Waals surface area contributed by atoms with E-state index in [0.29, 0.717) is 12.1 Å². The molecule has 0 N–H and O–H groups in total. The summed E-state index contributed by atoms with van der Waals surface area (Å²) >= 11 is 5.41. The van der Waals surface area contributed by atoms with Crippen molar-refractivity contribution in [1.82, 2.24) is 0 Å². The molecule has 164 valence electrons. The van der Waals surface area contributed by atoms with Crippen LogP contribution in [0.5, 0.6) is 5.75 Å². The van der Waals surface area contributed by atoms with Gasteiger partial charge < -0.3 is 4.74 Å². The summed E-state index contributed by atoms with van der Waals surface area (Å²) in [6.45, 7) is 0.799. The van der Waals surface area contributed by atoms with Crippen LogP contribution in [-0.4, -0.2) is 34.9 Å². The lowest BCUT2D eigenvalue weighted by molar-refractivity contribution is -0.143. The molecule has 0 aromatic heterocycles. The van der Waals surface area contributed by atoms with Crippen LogP contribution in [0.2, 0.25) is 5.02 Å². The Kier molecular flexibility index (Phi) is 6.90. The molecular weight excluding hydrogens is 470 g/mol. The van der Waals surface area contributed by atoms with E-state index in [2.05, 4.69) is 4.74 Å². The fourth-order valence-electron chi connectivity index (χ4n) is 2.57. The van der Waals surface area contributed by atoms with E-state index in [0.717, 1.165) is 6.92 Å². The zero-order valence-corrected chi connectivity index (χ0v) is 16.5. The first-order valence-corrected chi connectivity index (χ1v) is 8.54. The second kappa shape index (κ2) is 8.53. The molecule has 1 amide bonds. The van der Waals surface area contributed by atoms with Crippen LogP contribution in [-0.2, 0) is 12.4 Å². The number of rotatable bonds is 3. The Hall–Kier alpha value is -2.37. The van der Waals surface area contributed by atoms with Crippen molar-refractivity contribution in [3.63, 3.8) is 0 Å². The van der Waals surface area contributed by atoms with Gasteiger partial charge in [-0.05, 0) is 36.8 Å². The quantitative estimate of drug-likeness (QED) is 0.351. The number of nitrogens with zero attached hydrogens (tertiary/aromatic N) is 1. The van der Waals surface area contributed by atoms with E-state index >= 15 is 0 Å². The first-order valence-electron chi connectivity index (χ1n) is 8.17. The first-order chi connectivity index (χ1) is 14.4. The number of amides is 1. The van der Waals surface area contributed by atoms with E-state index in [4.69, 9.17) is 35.1 Å². The Labute approximate surface area is 184 Å². The molecule has 0 saturated carbocycles. The Morgan fingerprint density at radius 1 is 1.00 bits per heavy atom. The van der Waals surface area contributed by atoms with E-state index in [1.165, 1.54) is 0 Å². The Balaban J connectivity index is 2.64. The highest BCUT2D eigenvalue weighted by Crippen LogP contribution is 2.43. The average molecular weight is 477 g/mol. The molecule has 0 aliphatic heterocycles. The summed E-state index contributed by atoms with van der Waals surface area (Å²) in [6.07, 6.45) is -12.5. The maximum absolute atomic E-state index is 14.4. The van der Waals surface area contributed by atoms with E-state index in [1.54, 1.807) is 0 Å². The second-order valence-corrected chi connectivity index (χ2v) is 6.83. The molecule has 15 heteroatoms. The number of carbonyl (C=O) groups is 1. The molecular formula is C17H7B3ClF8NO2. The molecule has 0 atom stereocenters. The SMILES string of the molecule is [B]C([B])([B])N(C(=O)Oc1c(C)cc(C(F)(F)F)cc1C(F)(F)F)c1ccc(F)c(Cl)c1F. The molecule has 0 aliphatic rings.